The summed E-state index contributed by atoms with van der Waals surface area (Å²) in [6.45, 7) is 3.77. The van der Waals surface area contributed by atoms with Crippen LogP contribution in [0.4, 0.5) is 19.0 Å². The van der Waals surface area contributed by atoms with Gasteiger partial charge in [0.2, 0.25) is 0 Å². The molecule has 1 fully saturated rings. The van der Waals surface area contributed by atoms with Gasteiger partial charge in [-0.1, -0.05) is 18.2 Å². The molecule has 4 rings (SSSR count). The molecule has 0 radical (unpaired) electrons. The number of ether oxygens (including phenoxy) is 1. The number of nitrogens with one attached hydrogen (secondary N) is 1. The van der Waals surface area contributed by atoms with Crippen LogP contribution in [0.3, 0.4) is 0 Å². The summed E-state index contributed by atoms with van der Waals surface area (Å²) >= 11 is 0. The molecule has 1 aliphatic rings. The first kappa shape index (κ1) is 21.3. The highest BCUT2D eigenvalue weighted by Gasteiger charge is 2.45. The average molecular weight is 432 g/mol. The summed E-state index contributed by atoms with van der Waals surface area (Å²) in [6, 6.07) is 4.74. The Morgan fingerprint density at radius 1 is 1.26 bits per heavy atom. The van der Waals surface area contributed by atoms with E-state index in [-0.39, 0.29) is 16.7 Å². The number of aryl methyl sites for hydroxylation is 1. The fourth-order valence-electron chi connectivity index (χ4n) is 3.92. The number of pyridine rings is 1. The number of hydrogen-bond donors (Lipinski definition) is 1. The number of alkyl halides is 2. The van der Waals surface area contributed by atoms with Crippen molar-refractivity contribution in [1.82, 2.24) is 14.5 Å². The molecule has 6 nitrogen and oxygen atoms in total. The molecule has 1 unspecified atom stereocenters. The molecule has 0 bridgehead atoms. The lowest BCUT2D eigenvalue weighted by Gasteiger charge is -2.21. The van der Waals surface area contributed by atoms with Gasteiger partial charge in [-0.2, -0.15) is 0 Å². The van der Waals surface area contributed by atoms with Gasteiger partial charge in [-0.3, -0.25) is 4.79 Å². The van der Waals surface area contributed by atoms with Gasteiger partial charge >= 0.3 is 0 Å². The third-order valence-corrected chi connectivity index (χ3v) is 5.71. The Morgan fingerprint density at radius 3 is 2.61 bits per heavy atom. The normalized spacial score (nSPS) is 16.0. The second kappa shape index (κ2) is 7.96. The van der Waals surface area contributed by atoms with Crippen LogP contribution in [0.15, 0.2) is 35.3 Å². The number of methoxy groups -OCH3 is 1. The van der Waals surface area contributed by atoms with Crippen molar-refractivity contribution >= 4 is 16.7 Å². The molecule has 1 N–H and O–H groups in total. The maximum atomic E-state index is 14.6. The molecule has 9 heteroatoms. The second-order valence-corrected chi connectivity index (χ2v) is 7.97. The van der Waals surface area contributed by atoms with Crippen molar-refractivity contribution in [3.63, 3.8) is 0 Å². The second-order valence-electron chi connectivity index (χ2n) is 7.97. The van der Waals surface area contributed by atoms with E-state index >= 15 is 0 Å². The summed E-state index contributed by atoms with van der Waals surface area (Å²) in [5, 5.41) is 3.70. The molecule has 164 valence electrons. The fraction of sp³-hybridized carbons (Fsp3) is 0.409. The zero-order valence-electron chi connectivity index (χ0n) is 17.5. The van der Waals surface area contributed by atoms with Crippen molar-refractivity contribution < 1.29 is 17.9 Å². The van der Waals surface area contributed by atoms with Gasteiger partial charge in [-0.25, -0.2) is 23.1 Å². The summed E-state index contributed by atoms with van der Waals surface area (Å²) < 4.78 is 47.8. The number of anilines is 1. The molecule has 1 saturated carbocycles. The van der Waals surface area contributed by atoms with Crippen molar-refractivity contribution in [3.05, 3.63) is 63.6 Å². The number of fused-ring (bicyclic) bond motifs is 1. The summed E-state index contributed by atoms with van der Waals surface area (Å²) in [6.07, 6.45) is 0.441. The minimum absolute atomic E-state index is 0.105. The number of benzene rings is 1. The molecule has 2 heterocycles. The van der Waals surface area contributed by atoms with Gasteiger partial charge in [0.15, 0.2) is 0 Å². The Morgan fingerprint density at radius 2 is 1.97 bits per heavy atom. The first-order valence-corrected chi connectivity index (χ1v) is 9.99. The van der Waals surface area contributed by atoms with Gasteiger partial charge in [0.05, 0.1) is 34.7 Å². The standard InChI is InChI=1S/C22H23F3N4O2/c1-12(14-5-4-6-15(19(14)23)20(24)25)26-21-16-10-29(22(7-8-22)11-31-3)18(30)9-17(16)27-13(2)28-21/h4-6,9-10,12,20H,7-8,11H2,1-3H3,(H,26,27,28). The van der Waals surface area contributed by atoms with Crippen molar-refractivity contribution in [2.24, 2.45) is 0 Å². The van der Waals surface area contributed by atoms with E-state index in [1.807, 2.05) is 0 Å². The van der Waals surface area contributed by atoms with E-state index in [0.29, 0.717) is 29.2 Å². The van der Waals surface area contributed by atoms with Crippen LogP contribution in [0, 0.1) is 12.7 Å². The Bertz CT molecular complexity index is 1190. The van der Waals surface area contributed by atoms with Crippen molar-refractivity contribution in [1.29, 1.82) is 0 Å². The Kier molecular flexibility index (Phi) is 5.47. The number of rotatable bonds is 7. The predicted molar refractivity (Wildman–Crippen MR) is 111 cm³/mol. The van der Waals surface area contributed by atoms with Gasteiger partial charge in [0.1, 0.15) is 17.5 Å². The molecule has 0 saturated heterocycles. The van der Waals surface area contributed by atoms with Crippen LogP contribution in [-0.4, -0.2) is 28.3 Å². The first-order valence-electron chi connectivity index (χ1n) is 9.99. The molecule has 31 heavy (non-hydrogen) atoms. The summed E-state index contributed by atoms with van der Waals surface area (Å²) in [5.74, 6) is -0.112. The van der Waals surface area contributed by atoms with Crippen LogP contribution >= 0.6 is 0 Å². The Labute approximate surface area is 177 Å². The summed E-state index contributed by atoms with van der Waals surface area (Å²) in [7, 11) is 1.59. The SMILES string of the molecule is COCC1(n2cc3c(NC(C)c4cccc(C(F)F)c4F)nc(C)nc3cc2=O)CC1. The third-order valence-electron chi connectivity index (χ3n) is 5.71. The quantitative estimate of drug-likeness (QED) is 0.596. The minimum atomic E-state index is -2.90. The number of halogens is 3. The predicted octanol–water partition coefficient (Wildman–Crippen LogP) is 4.49. The van der Waals surface area contributed by atoms with Crippen LogP contribution < -0.4 is 10.9 Å². The van der Waals surface area contributed by atoms with Crippen LogP contribution in [-0.2, 0) is 10.3 Å². The van der Waals surface area contributed by atoms with E-state index in [1.165, 1.54) is 18.2 Å². The smallest absolute Gasteiger partial charge is 0.266 e. The van der Waals surface area contributed by atoms with Crippen LogP contribution in [0.1, 0.15) is 49.2 Å². The minimum Gasteiger partial charge on any atom is -0.382 e. The molecule has 0 aliphatic heterocycles. The zero-order chi connectivity index (χ0) is 22.3. The van der Waals surface area contributed by atoms with Gasteiger partial charge in [0.25, 0.3) is 12.0 Å². The average Bonchev–Trinajstić information content (AvgIpc) is 3.47. The Hall–Kier alpha value is -2.94. The van der Waals surface area contributed by atoms with Gasteiger partial charge < -0.3 is 14.6 Å². The molecule has 3 aromatic rings. The van der Waals surface area contributed by atoms with E-state index in [1.54, 1.807) is 31.7 Å². The number of nitrogens with zero attached hydrogens (tertiary/aromatic N) is 3. The number of hydrogen-bond acceptors (Lipinski definition) is 5. The van der Waals surface area contributed by atoms with Crippen molar-refractivity contribution in [3.8, 4) is 0 Å². The van der Waals surface area contributed by atoms with Crippen LogP contribution in [0.25, 0.3) is 10.9 Å². The van der Waals surface area contributed by atoms with Crippen molar-refractivity contribution in [2.75, 3.05) is 19.0 Å². The first-order chi connectivity index (χ1) is 14.8. The largest absolute Gasteiger partial charge is 0.382 e. The van der Waals surface area contributed by atoms with Crippen LogP contribution in [0.5, 0.6) is 0 Å². The Balaban J connectivity index is 1.77. The van der Waals surface area contributed by atoms with Gasteiger partial charge in [-0.05, 0) is 26.7 Å². The molecule has 2 aromatic heterocycles. The number of aromatic nitrogens is 3. The van der Waals surface area contributed by atoms with Crippen molar-refractivity contribution in [2.45, 2.75) is 44.7 Å². The highest BCUT2D eigenvalue weighted by atomic mass is 19.3. The fourth-order valence-corrected chi connectivity index (χ4v) is 3.92. The molecule has 1 aromatic carbocycles. The molecule has 1 atom stereocenters. The molecule has 0 spiro atoms. The summed E-state index contributed by atoms with van der Waals surface area (Å²) in [5.41, 5.74) is -0.647. The van der Waals surface area contributed by atoms with E-state index in [4.69, 9.17) is 4.74 Å². The molecule has 0 amide bonds. The topological polar surface area (TPSA) is 69.0 Å². The van der Waals surface area contributed by atoms with Crippen LogP contribution in [0.2, 0.25) is 0 Å². The molecule has 1 aliphatic carbocycles. The lowest BCUT2D eigenvalue weighted by Crippen LogP contribution is -2.33. The van der Waals surface area contributed by atoms with E-state index in [0.717, 1.165) is 18.9 Å². The summed E-state index contributed by atoms with van der Waals surface area (Å²) in [4.78, 5) is 21.5. The van der Waals surface area contributed by atoms with E-state index < -0.39 is 23.8 Å². The monoisotopic (exact) mass is 432 g/mol. The maximum Gasteiger partial charge on any atom is 0.266 e. The van der Waals surface area contributed by atoms with E-state index in [9.17, 15) is 18.0 Å². The maximum absolute atomic E-state index is 14.6. The molecular weight excluding hydrogens is 409 g/mol. The molecular formula is C22H23F3N4O2. The zero-order valence-corrected chi connectivity index (χ0v) is 17.5. The highest BCUT2D eigenvalue weighted by Crippen LogP contribution is 2.43. The lowest BCUT2D eigenvalue weighted by molar-refractivity contribution is 0.142. The highest BCUT2D eigenvalue weighted by molar-refractivity contribution is 5.88. The van der Waals surface area contributed by atoms with Gasteiger partial charge in [0, 0.05) is 24.9 Å². The lowest BCUT2D eigenvalue weighted by atomic mass is 10.0. The van der Waals surface area contributed by atoms with Gasteiger partial charge in [-0.15, -0.1) is 0 Å². The third kappa shape index (κ3) is 3.89. The van der Waals surface area contributed by atoms with E-state index in [2.05, 4.69) is 15.3 Å².